The first-order chi connectivity index (χ1) is 13.3. The van der Waals surface area contributed by atoms with Gasteiger partial charge in [-0.05, 0) is 85.9 Å². The molecule has 28 heavy (non-hydrogen) atoms. The van der Waals surface area contributed by atoms with E-state index < -0.39 is 0 Å². The van der Waals surface area contributed by atoms with E-state index in [9.17, 15) is 0 Å². The summed E-state index contributed by atoms with van der Waals surface area (Å²) in [6, 6.07) is 0. The van der Waals surface area contributed by atoms with Crippen LogP contribution in [0.25, 0.3) is 0 Å². The van der Waals surface area contributed by atoms with Crippen LogP contribution in [0.1, 0.15) is 93.9 Å². The van der Waals surface area contributed by atoms with E-state index in [1.54, 1.807) is 23.7 Å². The molecule has 0 amide bonds. The van der Waals surface area contributed by atoms with Crippen LogP contribution in [0.4, 0.5) is 0 Å². The molecule has 0 bridgehead atoms. The molecule has 2 fully saturated rings. The zero-order valence-corrected chi connectivity index (χ0v) is 23.7. The van der Waals surface area contributed by atoms with Gasteiger partial charge in [0.15, 0.2) is 0 Å². The second-order valence-corrected chi connectivity index (χ2v) is 8.68. The third-order valence-corrected chi connectivity index (χ3v) is 5.87. The normalized spacial score (nSPS) is 24.7. The second-order valence-electron chi connectivity index (χ2n) is 8.68. The Hall–Kier alpha value is 1.90. The van der Waals surface area contributed by atoms with Gasteiger partial charge in [0.2, 0.25) is 0 Å². The summed E-state index contributed by atoms with van der Waals surface area (Å²) in [6.45, 7) is 18.3. The molecule has 2 aliphatic rings. The molecule has 0 aromatic heterocycles. The van der Waals surface area contributed by atoms with E-state index in [2.05, 4.69) is 124 Å². The van der Waals surface area contributed by atoms with E-state index in [4.69, 9.17) is 0 Å². The zero-order valence-electron chi connectivity index (χ0n) is 19.1. The first kappa shape index (κ1) is 32.1. The summed E-state index contributed by atoms with van der Waals surface area (Å²) in [5.74, 6) is 9.98. The van der Waals surface area contributed by atoms with Gasteiger partial charge >= 0.3 is 55.4 Å². The molecule has 0 heterocycles. The van der Waals surface area contributed by atoms with E-state index >= 15 is 0 Å². The Morgan fingerprint density at radius 3 is 1.21 bits per heavy atom. The summed E-state index contributed by atoms with van der Waals surface area (Å²) in [5.41, 5.74) is 0. The van der Waals surface area contributed by atoms with Crippen molar-refractivity contribution in [3.05, 3.63) is 36.5 Å². The molecular formula is C24H42Cl2Pd2+2. The quantitative estimate of drug-likeness (QED) is 0.278. The predicted molar refractivity (Wildman–Crippen MR) is 120 cm³/mol. The summed E-state index contributed by atoms with van der Waals surface area (Å²) in [7, 11) is 8.98. The molecule has 0 aliphatic heterocycles. The molecule has 2 saturated carbocycles. The topological polar surface area (TPSA) is 0 Å². The molecule has 0 saturated heterocycles. The Morgan fingerprint density at radius 1 is 0.714 bits per heavy atom. The molecule has 0 aromatic carbocycles. The Morgan fingerprint density at radius 2 is 1.00 bits per heavy atom. The fourth-order valence-corrected chi connectivity index (χ4v) is 4.27. The van der Waals surface area contributed by atoms with Crippen molar-refractivity contribution in [1.29, 1.82) is 0 Å². The van der Waals surface area contributed by atoms with Crippen molar-refractivity contribution in [2.45, 2.75) is 93.9 Å². The first-order valence-corrected chi connectivity index (χ1v) is 14.6. The van der Waals surface area contributed by atoms with Crippen LogP contribution in [0.3, 0.4) is 0 Å². The van der Waals surface area contributed by atoms with E-state index in [-0.39, 0.29) is 0 Å². The van der Waals surface area contributed by atoms with Gasteiger partial charge in [-0.15, -0.1) is 0 Å². The summed E-state index contributed by atoms with van der Waals surface area (Å²) >= 11 is 4.44. The Labute approximate surface area is 208 Å². The first-order valence-electron chi connectivity index (χ1n) is 10.6. The molecule has 0 nitrogen and oxygen atoms in total. The van der Waals surface area contributed by atoms with Gasteiger partial charge in [0.1, 0.15) is 0 Å². The van der Waals surface area contributed by atoms with Crippen LogP contribution < -0.4 is 0 Å². The molecule has 6 radical (unpaired) electrons. The van der Waals surface area contributed by atoms with Crippen LogP contribution in [0, 0.1) is 60.2 Å². The summed E-state index contributed by atoms with van der Waals surface area (Å²) < 4.78 is 0. The van der Waals surface area contributed by atoms with Crippen molar-refractivity contribution in [3.8, 4) is 0 Å². The molecular weight excluding hydrogens is 572 g/mol. The molecule has 170 valence electrons. The van der Waals surface area contributed by atoms with Crippen molar-refractivity contribution in [3.63, 3.8) is 0 Å². The van der Waals surface area contributed by atoms with Gasteiger partial charge in [0.05, 0.1) is 0 Å². The van der Waals surface area contributed by atoms with Gasteiger partial charge in [-0.25, -0.2) is 0 Å². The van der Waals surface area contributed by atoms with Gasteiger partial charge < -0.3 is 0 Å². The molecule has 0 N–H and O–H groups in total. The Balaban J connectivity index is 0. The summed E-state index contributed by atoms with van der Waals surface area (Å²) in [5, 5.41) is 0. The molecule has 2 rings (SSSR count). The van der Waals surface area contributed by atoms with E-state index in [1.807, 2.05) is 0 Å². The van der Waals surface area contributed by atoms with Crippen molar-refractivity contribution in [2.75, 3.05) is 0 Å². The third-order valence-electron chi connectivity index (χ3n) is 5.87. The van der Waals surface area contributed by atoms with Gasteiger partial charge in [0.25, 0.3) is 0 Å². The van der Waals surface area contributed by atoms with E-state index in [0.717, 1.165) is 23.7 Å². The number of halogens is 2. The van der Waals surface area contributed by atoms with Crippen LogP contribution in [-0.2, 0) is 36.4 Å². The van der Waals surface area contributed by atoms with Crippen LogP contribution in [-0.4, -0.2) is 0 Å². The molecule has 0 spiro atoms. The Kier molecular flexibility index (Phi) is 22.4. The molecule has 4 heteroatoms. The molecule has 0 unspecified atom stereocenters. The van der Waals surface area contributed by atoms with Crippen LogP contribution in [0.5, 0.6) is 0 Å². The number of hydrogen-bond donors (Lipinski definition) is 0. The van der Waals surface area contributed by atoms with Gasteiger partial charge in [-0.3, -0.25) is 0 Å². The maximum atomic E-state index is 4.49. The summed E-state index contributed by atoms with van der Waals surface area (Å²) in [4.78, 5) is 0. The maximum absolute atomic E-state index is 4.49. The van der Waals surface area contributed by atoms with Gasteiger partial charge in [0, 0.05) is 0 Å². The molecule has 0 aromatic rings. The zero-order chi connectivity index (χ0) is 22.3. The standard InChI is InChI=1S/2C12H21.2ClH.2Pd/c2*1-5-11-8-10(4)6-7-12(11)9(2)3;;;;/h2*5,9-10H,6-8H2,1-4H3;2*1H;;/q;;;;2*+2/p-2/t2*10-;;;;/m00..../s1. The third kappa shape index (κ3) is 12.7. The minimum absolute atomic E-state index is 0.753. The second kappa shape index (κ2) is 19.6. The minimum atomic E-state index is 0.753. The SMILES string of the molecule is C[CH][C]1C[C@@H](C)CC[C]1C(C)C.C[CH][C]1C[C@@H](C)CC[C]1C(C)C.[Cl][Pd+].[Cl][Pd+]. The van der Waals surface area contributed by atoms with Crippen LogP contribution in [0.15, 0.2) is 0 Å². The monoisotopic (exact) mass is 612 g/mol. The van der Waals surface area contributed by atoms with Crippen molar-refractivity contribution in [1.82, 2.24) is 0 Å². The average Bonchev–Trinajstić information content (AvgIpc) is 2.70. The molecule has 2 atom stereocenters. The van der Waals surface area contributed by atoms with Crippen molar-refractivity contribution < 1.29 is 36.4 Å². The number of rotatable bonds is 4. The van der Waals surface area contributed by atoms with Gasteiger partial charge in [-0.2, -0.15) is 0 Å². The number of hydrogen-bond acceptors (Lipinski definition) is 0. The predicted octanol–water partition coefficient (Wildman–Crippen LogP) is 9.05. The average molecular weight is 614 g/mol. The van der Waals surface area contributed by atoms with Crippen LogP contribution >= 0.6 is 19.1 Å². The Bertz CT molecular complexity index is 305. The van der Waals surface area contributed by atoms with E-state index in [0.29, 0.717) is 0 Å². The fraction of sp³-hybridized carbons (Fsp3) is 0.750. The van der Waals surface area contributed by atoms with Crippen LogP contribution in [0.2, 0.25) is 0 Å². The van der Waals surface area contributed by atoms with Crippen molar-refractivity contribution in [2.24, 2.45) is 23.7 Å². The molecule has 2 aliphatic carbocycles. The van der Waals surface area contributed by atoms with Crippen molar-refractivity contribution >= 4 is 19.1 Å². The summed E-state index contributed by atoms with van der Waals surface area (Å²) in [6.07, 6.45) is 12.7. The van der Waals surface area contributed by atoms with Gasteiger partial charge in [-0.1, -0.05) is 68.2 Å². The fourth-order valence-electron chi connectivity index (χ4n) is 4.27. The van der Waals surface area contributed by atoms with E-state index in [1.165, 1.54) is 38.5 Å².